The summed E-state index contributed by atoms with van der Waals surface area (Å²) in [5.41, 5.74) is -7.20. The Morgan fingerprint density at radius 2 is 1.82 bits per heavy atom. The van der Waals surface area contributed by atoms with E-state index in [0.29, 0.717) is 12.8 Å². The second kappa shape index (κ2) is 9.20. The SMILES string of the molecule is C[C@@H]1C[C@H]2[C@@H]3C[C@H](F)C4=CC(=O)C=C[C@]4(C)[C@@]3(F)[C@@H](O)C[C@]2(C)[C@@]1(OC(=O)C1CCCCC1)C(=O)OCF. The number of esters is 2. The second-order valence-electron chi connectivity index (χ2n) is 12.5. The molecule has 0 heterocycles. The number of carbonyl (C=O) groups is 3. The molecule has 5 aliphatic rings. The third kappa shape index (κ3) is 3.45. The average Bonchev–Trinajstić information content (AvgIpc) is 3.10. The predicted octanol–water partition coefficient (Wildman–Crippen LogP) is 4.88. The van der Waals surface area contributed by atoms with E-state index in [1.165, 1.54) is 19.1 Å². The third-order valence-corrected chi connectivity index (χ3v) is 10.9. The lowest BCUT2D eigenvalue weighted by Crippen LogP contribution is -2.71. The number of aliphatic hydroxyl groups is 1. The molecule has 4 saturated carbocycles. The smallest absolute Gasteiger partial charge is 0.353 e. The zero-order chi connectivity index (χ0) is 27.7. The molecule has 9 heteroatoms. The van der Waals surface area contributed by atoms with Gasteiger partial charge in [0.15, 0.2) is 11.5 Å². The van der Waals surface area contributed by atoms with E-state index in [4.69, 9.17) is 9.47 Å². The van der Waals surface area contributed by atoms with Crippen LogP contribution in [0.1, 0.15) is 72.1 Å². The van der Waals surface area contributed by atoms with Crippen molar-refractivity contribution in [2.75, 3.05) is 6.86 Å². The lowest BCUT2D eigenvalue weighted by atomic mass is 9.44. The normalized spacial score (nSPS) is 46.4. The number of ether oxygens (including phenoxy) is 2. The molecule has 0 aromatic heterocycles. The summed E-state index contributed by atoms with van der Waals surface area (Å²) in [4.78, 5) is 39.0. The number of fused-ring (bicyclic) bond motifs is 5. The van der Waals surface area contributed by atoms with Crippen LogP contribution in [0.15, 0.2) is 23.8 Å². The van der Waals surface area contributed by atoms with Crippen LogP contribution in [-0.2, 0) is 23.9 Å². The Morgan fingerprint density at radius 3 is 2.47 bits per heavy atom. The molecule has 0 amide bonds. The fourth-order valence-electron chi connectivity index (χ4n) is 8.95. The van der Waals surface area contributed by atoms with Gasteiger partial charge in [0.1, 0.15) is 6.17 Å². The second-order valence-corrected chi connectivity index (χ2v) is 12.5. The Kier molecular flexibility index (Phi) is 6.64. The van der Waals surface area contributed by atoms with E-state index in [1.807, 2.05) is 0 Å². The van der Waals surface area contributed by atoms with Crippen LogP contribution in [0.5, 0.6) is 0 Å². The maximum atomic E-state index is 17.4. The van der Waals surface area contributed by atoms with Gasteiger partial charge in [-0.2, -0.15) is 0 Å². The van der Waals surface area contributed by atoms with Gasteiger partial charge in [-0.05, 0) is 62.7 Å². The number of rotatable bonds is 4. The molecule has 0 aromatic rings. The quantitative estimate of drug-likeness (QED) is 0.513. The molecule has 9 atom stereocenters. The first-order chi connectivity index (χ1) is 17.9. The van der Waals surface area contributed by atoms with Crippen molar-refractivity contribution in [3.63, 3.8) is 0 Å². The number of ketones is 1. The minimum Gasteiger partial charge on any atom is -0.446 e. The first-order valence-corrected chi connectivity index (χ1v) is 13.8. The zero-order valence-electron chi connectivity index (χ0n) is 22.2. The highest BCUT2D eigenvalue weighted by molar-refractivity contribution is 6.01. The number of hydrogen-bond donors (Lipinski definition) is 1. The fraction of sp³-hybridized carbons (Fsp3) is 0.759. The van der Waals surface area contributed by atoms with Crippen molar-refractivity contribution in [2.24, 2.45) is 34.5 Å². The predicted molar refractivity (Wildman–Crippen MR) is 131 cm³/mol. The van der Waals surface area contributed by atoms with Gasteiger partial charge < -0.3 is 14.6 Å². The van der Waals surface area contributed by atoms with Crippen LogP contribution >= 0.6 is 0 Å². The van der Waals surface area contributed by atoms with Gasteiger partial charge >= 0.3 is 11.9 Å². The lowest BCUT2D eigenvalue weighted by Gasteiger charge is -2.63. The van der Waals surface area contributed by atoms with E-state index < -0.39 is 82.6 Å². The molecule has 210 valence electrons. The number of aliphatic hydroxyl groups excluding tert-OH is 1. The van der Waals surface area contributed by atoms with E-state index in [2.05, 4.69) is 0 Å². The summed E-state index contributed by atoms with van der Waals surface area (Å²) in [6, 6.07) is 0. The summed E-state index contributed by atoms with van der Waals surface area (Å²) in [6.07, 6.45) is 3.91. The molecule has 6 nitrogen and oxygen atoms in total. The van der Waals surface area contributed by atoms with Crippen molar-refractivity contribution in [3.8, 4) is 0 Å². The lowest BCUT2D eigenvalue weighted by molar-refractivity contribution is -0.242. The van der Waals surface area contributed by atoms with Gasteiger partial charge in [0.2, 0.25) is 12.5 Å². The van der Waals surface area contributed by atoms with Crippen LogP contribution < -0.4 is 0 Å². The number of allylic oxidation sites excluding steroid dienone is 4. The van der Waals surface area contributed by atoms with Gasteiger partial charge in [0, 0.05) is 22.7 Å². The fourth-order valence-corrected chi connectivity index (χ4v) is 8.95. The van der Waals surface area contributed by atoms with Gasteiger partial charge in [-0.15, -0.1) is 0 Å². The molecule has 0 aliphatic heterocycles. The van der Waals surface area contributed by atoms with Crippen LogP contribution in [0.3, 0.4) is 0 Å². The molecule has 5 aliphatic carbocycles. The van der Waals surface area contributed by atoms with Crippen molar-refractivity contribution in [1.82, 2.24) is 0 Å². The summed E-state index contributed by atoms with van der Waals surface area (Å²) in [5.74, 6) is -4.90. The molecule has 5 rings (SSSR count). The standard InChI is InChI=1S/C29H37F3O6/c1-16-11-19-20-13-22(31)21-12-18(33)9-10-26(21,2)28(20,32)23(34)14-27(19,3)29(16,25(36)37-15-30)38-24(35)17-7-5-4-6-8-17/h9-10,12,16-17,19-20,22-23,34H,4-8,11,13-15H2,1-3H3/t16-,19+,20+,22+,23+,26+,27+,28+,29+/m1/s1. The molecule has 1 N–H and O–H groups in total. The Morgan fingerprint density at radius 1 is 1.13 bits per heavy atom. The maximum absolute atomic E-state index is 17.4. The largest absolute Gasteiger partial charge is 0.446 e. The Balaban J connectivity index is 1.59. The molecule has 0 unspecified atom stereocenters. The minimum absolute atomic E-state index is 0.00396. The summed E-state index contributed by atoms with van der Waals surface area (Å²) < 4.78 is 57.4. The van der Waals surface area contributed by atoms with E-state index >= 15 is 8.78 Å². The van der Waals surface area contributed by atoms with Crippen molar-refractivity contribution in [3.05, 3.63) is 23.8 Å². The van der Waals surface area contributed by atoms with Crippen molar-refractivity contribution >= 4 is 17.7 Å². The number of halogens is 3. The minimum atomic E-state index is -2.34. The van der Waals surface area contributed by atoms with Gasteiger partial charge in [0.25, 0.3) is 0 Å². The average molecular weight is 539 g/mol. The van der Waals surface area contributed by atoms with E-state index in [9.17, 15) is 23.9 Å². The number of alkyl halides is 3. The van der Waals surface area contributed by atoms with Crippen LogP contribution in [0.4, 0.5) is 13.2 Å². The molecule has 0 spiro atoms. The Labute approximate surface area is 221 Å². The van der Waals surface area contributed by atoms with E-state index in [1.54, 1.807) is 13.8 Å². The molecule has 0 bridgehead atoms. The topological polar surface area (TPSA) is 89.9 Å². The van der Waals surface area contributed by atoms with Crippen molar-refractivity contribution in [1.29, 1.82) is 0 Å². The maximum Gasteiger partial charge on any atom is 0.353 e. The van der Waals surface area contributed by atoms with E-state index in [0.717, 1.165) is 25.3 Å². The van der Waals surface area contributed by atoms with Crippen LogP contribution in [0.25, 0.3) is 0 Å². The van der Waals surface area contributed by atoms with Crippen molar-refractivity contribution in [2.45, 2.75) is 95.7 Å². The summed E-state index contributed by atoms with van der Waals surface area (Å²) >= 11 is 0. The highest BCUT2D eigenvalue weighted by atomic mass is 19.1. The summed E-state index contributed by atoms with van der Waals surface area (Å²) in [7, 11) is 0. The number of carbonyl (C=O) groups excluding carboxylic acids is 3. The highest BCUT2D eigenvalue weighted by Crippen LogP contribution is 2.71. The Bertz CT molecular complexity index is 1080. The third-order valence-electron chi connectivity index (χ3n) is 10.9. The molecular weight excluding hydrogens is 501 g/mol. The molecular formula is C29H37F3O6. The zero-order valence-corrected chi connectivity index (χ0v) is 22.2. The van der Waals surface area contributed by atoms with Crippen LogP contribution in [-0.4, -0.2) is 53.2 Å². The summed E-state index contributed by atoms with van der Waals surface area (Å²) in [5, 5.41) is 11.5. The van der Waals surface area contributed by atoms with Gasteiger partial charge in [-0.1, -0.05) is 39.2 Å². The van der Waals surface area contributed by atoms with Crippen LogP contribution in [0, 0.1) is 34.5 Å². The highest BCUT2D eigenvalue weighted by Gasteiger charge is 2.78. The number of hydrogen-bond acceptors (Lipinski definition) is 6. The molecule has 38 heavy (non-hydrogen) atoms. The molecule has 0 radical (unpaired) electrons. The summed E-state index contributed by atoms with van der Waals surface area (Å²) in [6.45, 7) is 3.41. The monoisotopic (exact) mass is 538 g/mol. The molecule has 4 fully saturated rings. The first kappa shape index (κ1) is 27.4. The van der Waals surface area contributed by atoms with Crippen LogP contribution in [0.2, 0.25) is 0 Å². The van der Waals surface area contributed by atoms with E-state index in [-0.39, 0.29) is 24.8 Å². The Hall–Kier alpha value is -2.16. The molecule has 0 aromatic carbocycles. The van der Waals surface area contributed by atoms with Gasteiger partial charge in [0.05, 0.1) is 12.0 Å². The van der Waals surface area contributed by atoms with Gasteiger partial charge in [-0.3, -0.25) is 9.59 Å². The first-order valence-electron chi connectivity index (χ1n) is 13.8. The van der Waals surface area contributed by atoms with Gasteiger partial charge in [-0.25, -0.2) is 18.0 Å². The molecule has 0 saturated heterocycles. The van der Waals surface area contributed by atoms with Crippen molar-refractivity contribution < 1.29 is 42.1 Å².